The van der Waals surface area contributed by atoms with Crippen LogP contribution in [0.5, 0.6) is 5.75 Å². The zero-order valence-corrected chi connectivity index (χ0v) is 12.5. The average Bonchev–Trinajstić information content (AvgIpc) is 2.50. The van der Waals surface area contributed by atoms with Gasteiger partial charge in [-0.25, -0.2) is 0 Å². The van der Waals surface area contributed by atoms with E-state index in [2.05, 4.69) is 0 Å². The molecule has 0 saturated carbocycles. The zero-order chi connectivity index (χ0) is 16.4. The van der Waals surface area contributed by atoms with Gasteiger partial charge in [0.15, 0.2) is 0 Å². The van der Waals surface area contributed by atoms with Crippen molar-refractivity contribution in [3.8, 4) is 5.75 Å². The molecule has 22 heavy (non-hydrogen) atoms. The summed E-state index contributed by atoms with van der Waals surface area (Å²) in [7, 11) is 0. The summed E-state index contributed by atoms with van der Waals surface area (Å²) in [6.07, 6.45) is 3.62. The van der Waals surface area contributed by atoms with E-state index in [0.29, 0.717) is 24.6 Å². The summed E-state index contributed by atoms with van der Waals surface area (Å²) in [6.45, 7) is 1.90. The first-order chi connectivity index (χ1) is 10.6. The second kappa shape index (κ2) is 9.50. The number of benzene rings is 1. The molecule has 0 bridgehead atoms. The fraction of sp³-hybridized carbons (Fsp3) is 0.353. The van der Waals surface area contributed by atoms with Gasteiger partial charge >= 0.3 is 5.97 Å². The van der Waals surface area contributed by atoms with Crippen LogP contribution in [-0.2, 0) is 25.5 Å². The maximum atomic E-state index is 11.8. The number of carbonyl (C=O) groups excluding carboxylic acids is 3. The van der Waals surface area contributed by atoms with E-state index in [1.54, 1.807) is 37.3 Å². The lowest BCUT2D eigenvalue weighted by molar-refractivity contribution is -0.144. The van der Waals surface area contributed by atoms with Gasteiger partial charge in [-0.2, -0.15) is 0 Å². The SMILES string of the molecule is C/C=C(/C=O)[C@H](CC=O)CC(=O)OCCc1ccc(O)cc1. The topological polar surface area (TPSA) is 80.7 Å². The van der Waals surface area contributed by atoms with Crippen molar-refractivity contribution >= 4 is 18.5 Å². The number of allylic oxidation sites excluding steroid dienone is 2. The van der Waals surface area contributed by atoms with Crippen LogP contribution in [0.3, 0.4) is 0 Å². The van der Waals surface area contributed by atoms with Gasteiger partial charge in [-0.3, -0.25) is 9.59 Å². The quantitative estimate of drug-likeness (QED) is 0.430. The Balaban J connectivity index is 2.45. The molecule has 0 radical (unpaired) electrons. The number of carbonyl (C=O) groups is 3. The Bertz CT molecular complexity index is 530. The Labute approximate surface area is 129 Å². The summed E-state index contributed by atoms with van der Waals surface area (Å²) in [5.74, 6) is -0.682. The van der Waals surface area contributed by atoms with Gasteiger partial charge in [-0.1, -0.05) is 18.2 Å². The molecule has 118 valence electrons. The second-order valence-electron chi connectivity index (χ2n) is 4.85. The lowest BCUT2D eigenvalue weighted by Crippen LogP contribution is -2.16. The summed E-state index contributed by atoms with van der Waals surface area (Å²) in [6, 6.07) is 6.64. The lowest BCUT2D eigenvalue weighted by atomic mass is 9.93. The summed E-state index contributed by atoms with van der Waals surface area (Å²) in [5, 5.41) is 9.17. The van der Waals surface area contributed by atoms with E-state index in [0.717, 1.165) is 5.56 Å². The van der Waals surface area contributed by atoms with E-state index in [9.17, 15) is 19.5 Å². The highest BCUT2D eigenvalue weighted by molar-refractivity contribution is 5.78. The summed E-state index contributed by atoms with van der Waals surface area (Å²) >= 11 is 0. The lowest BCUT2D eigenvalue weighted by Gasteiger charge is -2.13. The van der Waals surface area contributed by atoms with Crippen LogP contribution in [0.4, 0.5) is 0 Å². The smallest absolute Gasteiger partial charge is 0.306 e. The summed E-state index contributed by atoms with van der Waals surface area (Å²) < 4.78 is 5.13. The molecule has 1 atom stereocenters. The van der Waals surface area contributed by atoms with Crippen LogP contribution >= 0.6 is 0 Å². The number of hydrogen-bond acceptors (Lipinski definition) is 5. The number of phenolic OH excluding ortho intramolecular Hbond substituents is 1. The van der Waals surface area contributed by atoms with Gasteiger partial charge in [-0.15, -0.1) is 0 Å². The largest absolute Gasteiger partial charge is 0.508 e. The number of esters is 1. The van der Waals surface area contributed by atoms with Crippen LogP contribution in [0, 0.1) is 5.92 Å². The Morgan fingerprint density at radius 3 is 2.50 bits per heavy atom. The minimum absolute atomic E-state index is 0.00668. The minimum Gasteiger partial charge on any atom is -0.508 e. The molecular formula is C17H20O5. The van der Waals surface area contributed by atoms with Gasteiger partial charge in [0, 0.05) is 18.8 Å². The monoisotopic (exact) mass is 304 g/mol. The van der Waals surface area contributed by atoms with Crippen LogP contribution < -0.4 is 0 Å². The molecule has 0 heterocycles. The van der Waals surface area contributed by atoms with Gasteiger partial charge < -0.3 is 14.6 Å². The van der Waals surface area contributed by atoms with E-state index in [-0.39, 0.29) is 25.2 Å². The van der Waals surface area contributed by atoms with Crippen molar-refractivity contribution in [2.75, 3.05) is 6.61 Å². The molecule has 0 saturated heterocycles. The van der Waals surface area contributed by atoms with Gasteiger partial charge in [-0.05, 0) is 30.2 Å². The number of aromatic hydroxyl groups is 1. The van der Waals surface area contributed by atoms with Crippen LogP contribution in [0.15, 0.2) is 35.9 Å². The molecule has 1 aromatic carbocycles. The first kappa shape index (κ1) is 17.6. The predicted octanol–water partition coefficient (Wildman–Crippen LogP) is 2.22. The van der Waals surface area contributed by atoms with Crippen molar-refractivity contribution < 1.29 is 24.2 Å². The Morgan fingerprint density at radius 1 is 1.27 bits per heavy atom. The fourth-order valence-electron chi connectivity index (χ4n) is 2.06. The van der Waals surface area contributed by atoms with E-state index < -0.39 is 11.9 Å². The molecule has 5 heteroatoms. The van der Waals surface area contributed by atoms with Crippen molar-refractivity contribution in [2.45, 2.75) is 26.2 Å². The normalized spacial score (nSPS) is 12.5. The van der Waals surface area contributed by atoms with Crippen molar-refractivity contribution in [3.63, 3.8) is 0 Å². The predicted molar refractivity (Wildman–Crippen MR) is 81.4 cm³/mol. The third-order valence-electron chi connectivity index (χ3n) is 3.32. The molecule has 0 aliphatic rings. The average molecular weight is 304 g/mol. The van der Waals surface area contributed by atoms with E-state index in [1.165, 1.54) is 0 Å². The standard InChI is InChI=1S/C17H20O5/c1-2-14(12-19)15(7-9-18)11-17(21)22-10-8-13-3-5-16(20)6-4-13/h2-6,9,12,15,20H,7-8,10-11H2,1H3/b14-2-/t15-/m1/s1. The highest BCUT2D eigenvalue weighted by Crippen LogP contribution is 2.18. The van der Waals surface area contributed by atoms with E-state index >= 15 is 0 Å². The Kier molecular flexibility index (Phi) is 7.61. The zero-order valence-electron chi connectivity index (χ0n) is 12.5. The molecule has 1 aromatic rings. The highest BCUT2D eigenvalue weighted by atomic mass is 16.5. The van der Waals surface area contributed by atoms with Gasteiger partial charge in [0.05, 0.1) is 13.0 Å². The van der Waals surface area contributed by atoms with Crippen molar-refractivity contribution in [1.82, 2.24) is 0 Å². The van der Waals surface area contributed by atoms with Crippen LogP contribution in [0.25, 0.3) is 0 Å². The van der Waals surface area contributed by atoms with Crippen molar-refractivity contribution in [3.05, 3.63) is 41.5 Å². The third kappa shape index (κ3) is 5.91. The van der Waals surface area contributed by atoms with E-state index in [1.807, 2.05) is 0 Å². The van der Waals surface area contributed by atoms with Crippen LogP contribution in [-0.4, -0.2) is 30.3 Å². The number of hydrogen-bond donors (Lipinski definition) is 1. The highest BCUT2D eigenvalue weighted by Gasteiger charge is 2.18. The van der Waals surface area contributed by atoms with Gasteiger partial charge in [0.25, 0.3) is 0 Å². The Hall–Kier alpha value is -2.43. The first-order valence-corrected chi connectivity index (χ1v) is 7.09. The molecule has 0 fully saturated rings. The molecule has 1 rings (SSSR count). The minimum atomic E-state index is -0.438. The van der Waals surface area contributed by atoms with Crippen molar-refractivity contribution in [1.29, 1.82) is 0 Å². The third-order valence-corrected chi connectivity index (χ3v) is 3.32. The fourth-order valence-corrected chi connectivity index (χ4v) is 2.06. The molecule has 0 aliphatic carbocycles. The number of aldehydes is 2. The molecule has 0 amide bonds. The summed E-state index contributed by atoms with van der Waals surface area (Å²) in [5.41, 5.74) is 1.37. The van der Waals surface area contributed by atoms with Crippen LogP contribution in [0.2, 0.25) is 0 Å². The van der Waals surface area contributed by atoms with Crippen LogP contribution in [0.1, 0.15) is 25.3 Å². The van der Waals surface area contributed by atoms with Crippen molar-refractivity contribution in [2.24, 2.45) is 5.92 Å². The molecule has 0 spiro atoms. The number of ether oxygens (including phenoxy) is 1. The summed E-state index contributed by atoms with van der Waals surface area (Å²) in [4.78, 5) is 33.3. The molecule has 0 aromatic heterocycles. The molecule has 5 nitrogen and oxygen atoms in total. The molecule has 1 N–H and O–H groups in total. The number of phenols is 1. The maximum absolute atomic E-state index is 11.8. The van der Waals surface area contributed by atoms with Gasteiger partial charge in [0.2, 0.25) is 0 Å². The molecule has 0 unspecified atom stereocenters. The number of rotatable bonds is 9. The molecule has 0 aliphatic heterocycles. The van der Waals surface area contributed by atoms with Gasteiger partial charge in [0.1, 0.15) is 18.3 Å². The Morgan fingerprint density at radius 2 is 1.95 bits per heavy atom. The maximum Gasteiger partial charge on any atom is 0.306 e. The first-order valence-electron chi connectivity index (χ1n) is 7.09. The molecular weight excluding hydrogens is 284 g/mol. The second-order valence-corrected chi connectivity index (χ2v) is 4.85. The van der Waals surface area contributed by atoms with E-state index in [4.69, 9.17) is 4.74 Å².